The first-order valence-electron chi connectivity index (χ1n) is 8.01. The first kappa shape index (κ1) is 15.5. The Morgan fingerprint density at radius 3 is 2.56 bits per heavy atom. The van der Waals surface area contributed by atoms with Gasteiger partial charge in [-0.3, -0.25) is 0 Å². The molecular formula is C21H17N3S. The number of H-pyrrole nitrogens is 1. The number of nitrogens with one attached hydrogen (secondary N) is 1. The maximum atomic E-state index is 4.70. The molecule has 3 aromatic heterocycles. The van der Waals surface area contributed by atoms with E-state index >= 15 is 0 Å². The molecule has 0 radical (unpaired) electrons. The summed E-state index contributed by atoms with van der Waals surface area (Å²) in [6.45, 7) is 0. The van der Waals surface area contributed by atoms with E-state index in [0.29, 0.717) is 0 Å². The zero-order chi connectivity index (χ0) is 17.2. The first-order valence-corrected chi connectivity index (χ1v) is 8.95. The summed E-state index contributed by atoms with van der Waals surface area (Å²) in [4.78, 5) is 10.1. The Morgan fingerprint density at radius 2 is 1.84 bits per heavy atom. The van der Waals surface area contributed by atoms with E-state index in [9.17, 15) is 0 Å². The van der Waals surface area contributed by atoms with E-state index < -0.39 is 0 Å². The van der Waals surface area contributed by atoms with Crippen LogP contribution in [0.4, 0.5) is 5.69 Å². The van der Waals surface area contributed by atoms with E-state index in [0.717, 1.165) is 33.5 Å². The predicted octanol–water partition coefficient (Wildman–Crippen LogP) is 4.76. The number of aromatic nitrogens is 2. The second kappa shape index (κ2) is 6.46. The number of thiophene rings is 1. The van der Waals surface area contributed by atoms with Gasteiger partial charge in [0, 0.05) is 41.7 Å². The summed E-state index contributed by atoms with van der Waals surface area (Å²) in [5.74, 6) is 6.40. The van der Waals surface area contributed by atoms with Crippen molar-refractivity contribution in [2.45, 2.75) is 0 Å². The zero-order valence-electron chi connectivity index (χ0n) is 14.1. The van der Waals surface area contributed by atoms with Crippen molar-refractivity contribution >= 4 is 28.1 Å². The van der Waals surface area contributed by atoms with Crippen molar-refractivity contribution in [3.8, 4) is 23.1 Å². The van der Waals surface area contributed by atoms with E-state index in [2.05, 4.69) is 62.8 Å². The lowest BCUT2D eigenvalue weighted by Crippen LogP contribution is -2.07. The lowest BCUT2D eigenvalue weighted by atomic mass is 10.2. The maximum absolute atomic E-state index is 4.70. The summed E-state index contributed by atoms with van der Waals surface area (Å²) in [5.41, 5.74) is 6.04. The molecule has 1 aromatic carbocycles. The van der Waals surface area contributed by atoms with Gasteiger partial charge in [0.1, 0.15) is 5.65 Å². The molecule has 25 heavy (non-hydrogen) atoms. The fourth-order valence-electron chi connectivity index (χ4n) is 2.63. The normalized spacial score (nSPS) is 10.5. The standard InChI is InChI=1S/C21H17N3S/c1-24(2)19-8-4-15(5-9-19)3-7-18-13-16-6-10-20(23-21(16)22-18)17-11-12-25-14-17/h4-6,8-14H,1-2H3,(H,22,23). The van der Waals surface area contributed by atoms with Gasteiger partial charge in [0.25, 0.3) is 0 Å². The molecule has 0 aliphatic carbocycles. The fourth-order valence-corrected chi connectivity index (χ4v) is 3.28. The molecule has 4 rings (SSSR count). The number of benzene rings is 1. The summed E-state index contributed by atoms with van der Waals surface area (Å²) in [7, 11) is 4.06. The average molecular weight is 343 g/mol. The Morgan fingerprint density at radius 1 is 1.00 bits per heavy atom. The van der Waals surface area contributed by atoms with Crippen molar-refractivity contribution < 1.29 is 0 Å². The lowest BCUT2D eigenvalue weighted by molar-refractivity contribution is 1.13. The van der Waals surface area contributed by atoms with Crippen molar-refractivity contribution in [2.24, 2.45) is 0 Å². The van der Waals surface area contributed by atoms with Crippen molar-refractivity contribution in [1.29, 1.82) is 0 Å². The molecule has 0 spiro atoms. The summed E-state index contributed by atoms with van der Waals surface area (Å²) < 4.78 is 0. The molecule has 0 aliphatic heterocycles. The van der Waals surface area contributed by atoms with Crippen LogP contribution in [0.2, 0.25) is 0 Å². The van der Waals surface area contributed by atoms with Crippen LogP contribution in [0.25, 0.3) is 22.3 Å². The van der Waals surface area contributed by atoms with Crippen LogP contribution < -0.4 is 4.90 Å². The maximum Gasteiger partial charge on any atom is 0.138 e. The lowest BCUT2D eigenvalue weighted by Gasteiger charge is -2.11. The van der Waals surface area contributed by atoms with Gasteiger partial charge < -0.3 is 9.88 Å². The van der Waals surface area contributed by atoms with E-state index in [-0.39, 0.29) is 0 Å². The van der Waals surface area contributed by atoms with Crippen LogP contribution in [0.5, 0.6) is 0 Å². The molecule has 0 aliphatic rings. The van der Waals surface area contributed by atoms with Crippen LogP contribution in [-0.2, 0) is 0 Å². The average Bonchev–Trinajstić information content (AvgIpc) is 3.29. The molecule has 0 saturated heterocycles. The number of anilines is 1. The molecule has 0 saturated carbocycles. The van der Waals surface area contributed by atoms with E-state index in [1.54, 1.807) is 11.3 Å². The van der Waals surface area contributed by atoms with Crippen molar-refractivity contribution in [1.82, 2.24) is 9.97 Å². The number of hydrogen-bond acceptors (Lipinski definition) is 3. The van der Waals surface area contributed by atoms with Crippen LogP contribution in [-0.4, -0.2) is 24.1 Å². The second-order valence-electron chi connectivity index (χ2n) is 6.02. The largest absolute Gasteiger partial charge is 0.378 e. The summed E-state index contributed by atoms with van der Waals surface area (Å²) >= 11 is 1.68. The van der Waals surface area contributed by atoms with Crippen LogP contribution in [0.3, 0.4) is 0 Å². The molecule has 1 N–H and O–H groups in total. The molecule has 3 heterocycles. The SMILES string of the molecule is CN(C)c1ccc(C#Cc2cc3ccc(-c4ccsc4)nc3[nH]2)cc1. The minimum atomic E-state index is 0.871. The Bertz CT molecular complexity index is 1060. The van der Waals surface area contributed by atoms with E-state index in [1.807, 2.05) is 32.3 Å². The topological polar surface area (TPSA) is 31.9 Å². The molecule has 0 atom stereocenters. The Labute approximate surface area is 151 Å². The number of pyridine rings is 1. The van der Waals surface area contributed by atoms with Crippen LogP contribution >= 0.6 is 11.3 Å². The quantitative estimate of drug-likeness (QED) is 0.532. The van der Waals surface area contributed by atoms with Crippen molar-refractivity contribution in [3.63, 3.8) is 0 Å². The van der Waals surface area contributed by atoms with Gasteiger partial charge in [0.05, 0.1) is 11.4 Å². The highest BCUT2D eigenvalue weighted by molar-refractivity contribution is 7.08. The molecular weight excluding hydrogens is 326 g/mol. The molecule has 122 valence electrons. The summed E-state index contributed by atoms with van der Waals surface area (Å²) in [6.07, 6.45) is 0. The number of rotatable bonds is 2. The Kier molecular flexibility index (Phi) is 4.01. The highest BCUT2D eigenvalue weighted by Gasteiger charge is 2.04. The number of aromatic amines is 1. The highest BCUT2D eigenvalue weighted by Crippen LogP contribution is 2.23. The fraction of sp³-hybridized carbons (Fsp3) is 0.0952. The molecule has 0 unspecified atom stereocenters. The third-order valence-electron chi connectivity index (χ3n) is 4.02. The van der Waals surface area contributed by atoms with E-state index in [1.165, 1.54) is 5.69 Å². The van der Waals surface area contributed by atoms with Crippen molar-refractivity contribution in [3.05, 3.63) is 70.5 Å². The van der Waals surface area contributed by atoms with Gasteiger partial charge in [-0.05, 0) is 59.8 Å². The summed E-state index contributed by atoms with van der Waals surface area (Å²) in [5, 5.41) is 5.25. The first-order chi connectivity index (χ1) is 12.2. The number of hydrogen-bond donors (Lipinski definition) is 1. The Hall–Kier alpha value is -3.03. The van der Waals surface area contributed by atoms with Gasteiger partial charge in [0.15, 0.2) is 0 Å². The third kappa shape index (κ3) is 3.28. The number of fused-ring (bicyclic) bond motifs is 1. The van der Waals surface area contributed by atoms with Gasteiger partial charge in [-0.2, -0.15) is 11.3 Å². The Balaban J connectivity index is 1.62. The van der Waals surface area contributed by atoms with Gasteiger partial charge in [-0.15, -0.1) is 0 Å². The minimum absolute atomic E-state index is 0.871. The van der Waals surface area contributed by atoms with Crippen molar-refractivity contribution in [2.75, 3.05) is 19.0 Å². The molecule has 0 fully saturated rings. The monoisotopic (exact) mass is 343 g/mol. The minimum Gasteiger partial charge on any atom is -0.378 e. The summed E-state index contributed by atoms with van der Waals surface area (Å²) in [6, 6.07) is 16.5. The highest BCUT2D eigenvalue weighted by atomic mass is 32.1. The van der Waals surface area contributed by atoms with Gasteiger partial charge in [-0.1, -0.05) is 5.92 Å². The zero-order valence-corrected chi connectivity index (χ0v) is 14.9. The third-order valence-corrected chi connectivity index (χ3v) is 4.70. The molecule has 4 aromatic rings. The molecule has 0 amide bonds. The predicted molar refractivity (Wildman–Crippen MR) is 106 cm³/mol. The van der Waals surface area contributed by atoms with Gasteiger partial charge >= 0.3 is 0 Å². The molecule has 3 nitrogen and oxygen atoms in total. The van der Waals surface area contributed by atoms with Crippen LogP contribution in [0.1, 0.15) is 11.3 Å². The molecule has 4 heteroatoms. The van der Waals surface area contributed by atoms with Gasteiger partial charge in [-0.25, -0.2) is 4.98 Å². The van der Waals surface area contributed by atoms with Gasteiger partial charge in [0.2, 0.25) is 0 Å². The smallest absolute Gasteiger partial charge is 0.138 e. The second-order valence-corrected chi connectivity index (χ2v) is 6.80. The van der Waals surface area contributed by atoms with Crippen LogP contribution in [0.15, 0.2) is 59.3 Å². The van der Waals surface area contributed by atoms with Crippen LogP contribution in [0, 0.1) is 11.8 Å². The molecule has 0 bridgehead atoms. The van der Waals surface area contributed by atoms with E-state index in [4.69, 9.17) is 4.98 Å². The number of nitrogens with zero attached hydrogens (tertiary/aromatic N) is 2.